The van der Waals surface area contributed by atoms with Gasteiger partial charge in [0.25, 0.3) is 5.91 Å². The number of benzene rings is 2. The number of hydrogen-bond donors (Lipinski definition) is 1. The molecule has 4 nitrogen and oxygen atoms in total. The molecular weight excluding hydrogens is 321 g/mol. The first kappa shape index (κ1) is 14.9. The smallest absolute Gasteiger partial charge is 0.265 e. The number of hydrazone groups is 1. The van der Waals surface area contributed by atoms with Crippen molar-refractivity contribution in [3.8, 4) is 0 Å². The first-order valence-electron chi connectivity index (χ1n) is 6.72. The lowest BCUT2D eigenvalue weighted by Crippen LogP contribution is -2.22. The van der Waals surface area contributed by atoms with E-state index in [2.05, 4.69) is 5.10 Å². The molecule has 112 valence electrons. The lowest BCUT2D eigenvalue weighted by molar-refractivity contribution is -0.112. The Labute approximate surface area is 138 Å². The van der Waals surface area contributed by atoms with Crippen molar-refractivity contribution >= 4 is 40.5 Å². The van der Waals surface area contributed by atoms with Crippen LogP contribution < -0.4 is 10.7 Å². The summed E-state index contributed by atoms with van der Waals surface area (Å²) >= 11 is 11.9. The SMILES string of the molecule is NC(=O)C1=NN(c2ccc(Cl)cc2)C(c2ccc(Cl)cc2)C1. The van der Waals surface area contributed by atoms with E-state index in [1.165, 1.54) is 0 Å². The fraction of sp³-hybridized carbons (Fsp3) is 0.125. The summed E-state index contributed by atoms with van der Waals surface area (Å²) in [5.74, 6) is -0.504. The van der Waals surface area contributed by atoms with E-state index in [1.807, 2.05) is 36.4 Å². The van der Waals surface area contributed by atoms with Gasteiger partial charge < -0.3 is 5.73 Å². The maximum Gasteiger partial charge on any atom is 0.265 e. The third kappa shape index (κ3) is 2.93. The van der Waals surface area contributed by atoms with Gasteiger partial charge >= 0.3 is 0 Å². The van der Waals surface area contributed by atoms with Crippen molar-refractivity contribution in [2.75, 3.05) is 5.01 Å². The van der Waals surface area contributed by atoms with Gasteiger partial charge in [-0.2, -0.15) is 5.10 Å². The zero-order valence-electron chi connectivity index (χ0n) is 11.5. The highest BCUT2D eigenvalue weighted by atomic mass is 35.5. The summed E-state index contributed by atoms with van der Waals surface area (Å²) in [7, 11) is 0. The van der Waals surface area contributed by atoms with E-state index in [0.717, 1.165) is 11.3 Å². The van der Waals surface area contributed by atoms with Crippen LogP contribution in [0, 0.1) is 0 Å². The highest BCUT2D eigenvalue weighted by molar-refractivity contribution is 6.39. The van der Waals surface area contributed by atoms with E-state index in [9.17, 15) is 4.79 Å². The molecule has 22 heavy (non-hydrogen) atoms. The third-order valence-electron chi connectivity index (χ3n) is 3.54. The molecule has 2 N–H and O–H groups in total. The number of anilines is 1. The van der Waals surface area contributed by atoms with E-state index < -0.39 is 5.91 Å². The lowest BCUT2D eigenvalue weighted by Gasteiger charge is -2.24. The zero-order chi connectivity index (χ0) is 15.7. The number of nitrogens with two attached hydrogens (primary N) is 1. The molecule has 0 aliphatic carbocycles. The van der Waals surface area contributed by atoms with Crippen molar-refractivity contribution in [1.82, 2.24) is 0 Å². The number of primary amides is 1. The maximum atomic E-state index is 11.5. The van der Waals surface area contributed by atoms with Gasteiger partial charge in [0.1, 0.15) is 5.71 Å². The first-order chi connectivity index (χ1) is 10.5. The second-order valence-corrected chi connectivity index (χ2v) is 5.88. The van der Waals surface area contributed by atoms with Crippen LogP contribution in [0.15, 0.2) is 53.6 Å². The number of amides is 1. The highest BCUT2D eigenvalue weighted by Gasteiger charge is 2.31. The van der Waals surface area contributed by atoms with E-state index in [0.29, 0.717) is 22.2 Å². The third-order valence-corrected chi connectivity index (χ3v) is 4.04. The average molecular weight is 334 g/mol. The quantitative estimate of drug-likeness (QED) is 0.928. The predicted octanol–water partition coefficient (Wildman–Crippen LogP) is 3.79. The van der Waals surface area contributed by atoms with E-state index in [1.54, 1.807) is 17.1 Å². The molecule has 0 spiro atoms. The number of carbonyl (C=O) groups excluding carboxylic acids is 1. The summed E-state index contributed by atoms with van der Waals surface area (Å²) in [6.07, 6.45) is 0.458. The fourth-order valence-corrected chi connectivity index (χ4v) is 2.69. The monoisotopic (exact) mass is 333 g/mol. The van der Waals surface area contributed by atoms with Crippen molar-refractivity contribution in [2.24, 2.45) is 10.8 Å². The van der Waals surface area contributed by atoms with Gasteiger partial charge in [-0.1, -0.05) is 35.3 Å². The minimum absolute atomic E-state index is 0.0963. The van der Waals surface area contributed by atoms with Crippen molar-refractivity contribution in [2.45, 2.75) is 12.5 Å². The average Bonchev–Trinajstić information content (AvgIpc) is 2.94. The molecule has 0 radical (unpaired) electrons. The Hall–Kier alpha value is -2.04. The van der Waals surface area contributed by atoms with Crippen molar-refractivity contribution in [3.05, 3.63) is 64.1 Å². The molecule has 0 saturated carbocycles. The Morgan fingerprint density at radius 2 is 1.59 bits per heavy atom. The summed E-state index contributed by atoms with van der Waals surface area (Å²) < 4.78 is 0. The Bertz CT molecular complexity index is 726. The van der Waals surface area contributed by atoms with Gasteiger partial charge in [0.2, 0.25) is 0 Å². The van der Waals surface area contributed by atoms with Crippen LogP contribution in [0.25, 0.3) is 0 Å². The molecule has 0 bridgehead atoms. The molecule has 0 aromatic heterocycles. The van der Waals surface area contributed by atoms with E-state index >= 15 is 0 Å². The van der Waals surface area contributed by atoms with Crippen molar-refractivity contribution in [3.63, 3.8) is 0 Å². The minimum Gasteiger partial charge on any atom is -0.364 e. The van der Waals surface area contributed by atoms with Gasteiger partial charge in [-0.25, -0.2) is 0 Å². The standard InChI is InChI=1S/C16H13Cl2N3O/c17-11-3-1-10(2-4-11)15-9-14(16(19)22)20-21(15)13-7-5-12(18)6-8-13/h1-8,15H,9H2,(H2,19,22). The largest absolute Gasteiger partial charge is 0.364 e. The number of rotatable bonds is 3. The molecular formula is C16H13Cl2N3O. The van der Waals surface area contributed by atoms with Crippen LogP contribution in [0.5, 0.6) is 0 Å². The molecule has 1 unspecified atom stereocenters. The van der Waals surface area contributed by atoms with Crippen LogP contribution in [-0.4, -0.2) is 11.6 Å². The van der Waals surface area contributed by atoms with Crippen LogP contribution in [-0.2, 0) is 4.79 Å². The van der Waals surface area contributed by atoms with E-state index in [-0.39, 0.29) is 6.04 Å². The predicted molar refractivity (Wildman–Crippen MR) is 89.4 cm³/mol. The molecule has 2 aromatic carbocycles. The van der Waals surface area contributed by atoms with Gasteiger partial charge in [-0.3, -0.25) is 9.80 Å². The highest BCUT2D eigenvalue weighted by Crippen LogP contribution is 2.35. The Morgan fingerprint density at radius 3 is 2.14 bits per heavy atom. The normalized spacial score (nSPS) is 17.5. The zero-order valence-corrected chi connectivity index (χ0v) is 13.1. The summed E-state index contributed by atoms with van der Waals surface area (Å²) in [5.41, 5.74) is 7.61. The summed E-state index contributed by atoms with van der Waals surface area (Å²) in [4.78, 5) is 11.5. The minimum atomic E-state index is -0.504. The van der Waals surface area contributed by atoms with Gasteiger partial charge in [-0.15, -0.1) is 0 Å². The van der Waals surface area contributed by atoms with Crippen LogP contribution in [0.3, 0.4) is 0 Å². The molecule has 6 heteroatoms. The van der Waals surface area contributed by atoms with E-state index in [4.69, 9.17) is 28.9 Å². The second-order valence-electron chi connectivity index (χ2n) is 5.00. The summed E-state index contributed by atoms with van der Waals surface area (Å²) in [6, 6.07) is 14.7. The number of nitrogens with zero attached hydrogens (tertiary/aromatic N) is 2. The Kier molecular flexibility index (Phi) is 4.05. The van der Waals surface area contributed by atoms with Crippen LogP contribution in [0.2, 0.25) is 10.0 Å². The molecule has 0 saturated heterocycles. The van der Waals surface area contributed by atoms with Gasteiger partial charge in [0.05, 0.1) is 11.7 Å². The van der Waals surface area contributed by atoms with Crippen LogP contribution >= 0.6 is 23.2 Å². The molecule has 1 atom stereocenters. The molecule has 1 aliphatic rings. The molecule has 0 fully saturated rings. The van der Waals surface area contributed by atoms with Gasteiger partial charge in [-0.05, 0) is 42.0 Å². The van der Waals surface area contributed by atoms with Crippen molar-refractivity contribution < 1.29 is 4.79 Å². The molecule has 2 aromatic rings. The van der Waals surface area contributed by atoms with Crippen LogP contribution in [0.1, 0.15) is 18.0 Å². The first-order valence-corrected chi connectivity index (χ1v) is 7.48. The Balaban J connectivity index is 1.99. The van der Waals surface area contributed by atoms with Gasteiger partial charge in [0, 0.05) is 16.5 Å². The van der Waals surface area contributed by atoms with Crippen molar-refractivity contribution in [1.29, 1.82) is 0 Å². The topological polar surface area (TPSA) is 58.7 Å². The molecule has 1 amide bonds. The molecule has 3 rings (SSSR count). The summed E-state index contributed by atoms with van der Waals surface area (Å²) in [5, 5.41) is 7.46. The molecule has 1 heterocycles. The number of halogens is 2. The summed E-state index contributed by atoms with van der Waals surface area (Å²) in [6.45, 7) is 0. The molecule has 1 aliphatic heterocycles. The number of hydrogen-bond acceptors (Lipinski definition) is 3. The fourth-order valence-electron chi connectivity index (χ4n) is 2.44. The van der Waals surface area contributed by atoms with Gasteiger partial charge in [0.15, 0.2) is 0 Å². The number of carbonyl (C=O) groups is 1. The lowest BCUT2D eigenvalue weighted by atomic mass is 10.0. The maximum absolute atomic E-state index is 11.5. The Morgan fingerprint density at radius 1 is 1.05 bits per heavy atom. The van der Waals surface area contributed by atoms with Crippen LogP contribution in [0.4, 0.5) is 5.69 Å². The second kappa shape index (κ2) is 5.99.